The summed E-state index contributed by atoms with van der Waals surface area (Å²) in [6.45, 7) is 5.90. The number of methoxy groups -OCH3 is 2. The Morgan fingerprint density at radius 2 is 1.70 bits per heavy atom. The van der Waals surface area contributed by atoms with Crippen molar-refractivity contribution in [1.82, 2.24) is 0 Å². The fraction of sp³-hybridized carbons (Fsp3) is 0.176. The number of hydrogen-bond donors (Lipinski definition) is 0. The first kappa shape index (κ1) is 14.0. The lowest BCUT2D eigenvalue weighted by Gasteiger charge is -2.14. The van der Waals surface area contributed by atoms with E-state index in [1.807, 2.05) is 37.3 Å². The molecule has 1 aromatic carbocycles. The summed E-state index contributed by atoms with van der Waals surface area (Å²) in [5, 5.41) is 0. The van der Waals surface area contributed by atoms with Crippen molar-refractivity contribution in [3.8, 4) is 11.5 Å². The third-order valence-electron chi connectivity index (χ3n) is 2.97. The molecule has 3 heteroatoms. The molecule has 3 nitrogen and oxygen atoms in total. The molecule has 20 heavy (non-hydrogen) atoms. The first-order chi connectivity index (χ1) is 9.65. The predicted molar refractivity (Wildman–Crippen MR) is 81.9 cm³/mol. The molecule has 0 radical (unpaired) electrons. The third kappa shape index (κ3) is 2.94. The third-order valence-corrected chi connectivity index (χ3v) is 2.97. The highest BCUT2D eigenvalue weighted by Crippen LogP contribution is 2.35. The molecule has 0 amide bonds. The Hall–Kier alpha value is -2.42. The van der Waals surface area contributed by atoms with Crippen LogP contribution in [0, 0.1) is 0 Å². The molecule has 1 heterocycles. The monoisotopic (exact) mass is 270 g/mol. The molecule has 0 atom stereocenters. The molecule has 0 bridgehead atoms. The van der Waals surface area contributed by atoms with Gasteiger partial charge >= 0.3 is 0 Å². The van der Waals surface area contributed by atoms with E-state index < -0.39 is 0 Å². The Balaban J connectivity index is 2.43. The zero-order chi connectivity index (χ0) is 14.5. The maximum Gasteiger partial charge on any atom is 0.130 e. The molecule has 0 N–H and O–H groups in total. The Kier molecular flexibility index (Phi) is 4.31. The van der Waals surface area contributed by atoms with Crippen LogP contribution >= 0.6 is 0 Å². The smallest absolute Gasteiger partial charge is 0.130 e. The number of ether oxygens (including phenoxy) is 2. The molecule has 0 aliphatic carbocycles. The molecular weight excluding hydrogens is 252 g/mol. The predicted octanol–water partition coefficient (Wildman–Crippen LogP) is 4.50. The van der Waals surface area contributed by atoms with E-state index in [0.29, 0.717) is 0 Å². The summed E-state index contributed by atoms with van der Waals surface area (Å²) >= 11 is 0. The summed E-state index contributed by atoms with van der Waals surface area (Å²) in [7, 11) is 3.29. The van der Waals surface area contributed by atoms with Gasteiger partial charge in [0.1, 0.15) is 11.5 Å². The van der Waals surface area contributed by atoms with Crippen molar-refractivity contribution >= 4 is 17.7 Å². The summed E-state index contributed by atoms with van der Waals surface area (Å²) in [5.41, 5.74) is 3.80. The molecule has 0 fully saturated rings. The number of furan rings is 1. The average molecular weight is 270 g/mol. The second-order valence-corrected chi connectivity index (χ2v) is 4.47. The lowest BCUT2D eigenvalue weighted by atomic mass is 10.0. The fourth-order valence-corrected chi connectivity index (χ4v) is 2.01. The Morgan fingerprint density at radius 3 is 2.15 bits per heavy atom. The van der Waals surface area contributed by atoms with E-state index in [1.54, 1.807) is 26.7 Å². The maximum absolute atomic E-state index is 5.43. The van der Waals surface area contributed by atoms with Gasteiger partial charge in [0.05, 0.1) is 32.3 Å². The van der Waals surface area contributed by atoms with Gasteiger partial charge in [-0.05, 0) is 36.3 Å². The first-order valence-electron chi connectivity index (χ1n) is 6.28. The van der Waals surface area contributed by atoms with E-state index >= 15 is 0 Å². The normalized spacial score (nSPS) is 10.8. The van der Waals surface area contributed by atoms with E-state index in [9.17, 15) is 0 Å². The van der Waals surface area contributed by atoms with Gasteiger partial charge in [-0.2, -0.15) is 0 Å². The van der Waals surface area contributed by atoms with Crippen molar-refractivity contribution in [2.24, 2.45) is 0 Å². The minimum absolute atomic E-state index is 0.753. The van der Waals surface area contributed by atoms with Gasteiger partial charge < -0.3 is 13.9 Å². The van der Waals surface area contributed by atoms with Crippen LogP contribution in [0.5, 0.6) is 11.5 Å². The largest absolute Gasteiger partial charge is 0.496 e. The molecule has 0 saturated carbocycles. The molecular formula is C17H18O3. The summed E-state index contributed by atoms with van der Waals surface area (Å²) in [4.78, 5) is 0. The van der Waals surface area contributed by atoms with Crippen molar-refractivity contribution in [3.05, 3.63) is 54.0 Å². The zero-order valence-corrected chi connectivity index (χ0v) is 12.0. The van der Waals surface area contributed by atoms with Crippen LogP contribution in [0.3, 0.4) is 0 Å². The summed E-state index contributed by atoms with van der Waals surface area (Å²) < 4.78 is 15.9. The van der Waals surface area contributed by atoms with Crippen molar-refractivity contribution in [3.63, 3.8) is 0 Å². The Labute approximate surface area is 119 Å². The Morgan fingerprint density at radius 1 is 1.10 bits per heavy atom. The molecule has 2 aromatic rings. The van der Waals surface area contributed by atoms with Crippen molar-refractivity contribution in [2.45, 2.75) is 6.92 Å². The fourth-order valence-electron chi connectivity index (χ4n) is 2.01. The van der Waals surface area contributed by atoms with Gasteiger partial charge in [0.25, 0.3) is 0 Å². The Bertz CT molecular complexity index is 597. The van der Waals surface area contributed by atoms with Gasteiger partial charge in [-0.1, -0.05) is 18.7 Å². The van der Waals surface area contributed by atoms with E-state index in [4.69, 9.17) is 13.9 Å². The quantitative estimate of drug-likeness (QED) is 0.801. The van der Waals surface area contributed by atoms with Gasteiger partial charge in [-0.15, -0.1) is 0 Å². The molecule has 0 aliphatic heterocycles. The van der Waals surface area contributed by atoms with Crippen molar-refractivity contribution in [2.75, 3.05) is 14.2 Å². The lowest BCUT2D eigenvalue weighted by molar-refractivity contribution is 0.392. The van der Waals surface area contributed by atoms with Gasteiger partial charge in [-0.25, -0.2) is 0 Å². The zero-order valence-electron chi connectivity index (χ0n) is 12.0. The maximum atomic E-state index is 5.43. The number of hydrogen-bond acceptors (Lipinski definition) is 3. The molecule has 0 aliphatic rings. The van der Waals surface area contributed by atoms with E-state index in [2.05, 4.69) is 6.58 Å². The summed E-state index contributed by atoms with van der Waals surface area (Å²) in [5.74, 6) is 1.51. The molecule has 104 valence electrons. The second-order valence-electron chi connectivity index (χ2n) is 4.47. The topological polar surface area (TPSA) is 31.6 Å². The van der Waals surface area contributed by atoms with Crippen LogP contribution in [0.15, 0.2) is 41.7 Å². The summed E-state index contributed by atoms with van der Waals surface area (Å²) in [6.07, 6.45) is 7.29. The molecule has 0 saturated heterocycles. The minimum atomic E-state index is 0.753. The second kappa shape index (κ2) is 6.15. The number of benzene rings is 1. The van der Waals surface area contributed by atoms with Crippen LogP contribution in [-0.2, 0) is 0 Å². The highest BCUT2D eigenvalue weighted by molar-refractivity contribution is 5.78. The van der Waals surface area contributed by atoms with Gasteiger partial charge in [0.15, 0.2) is 0 Å². The highest BCUT2D eigenvalue weighted by Gasteiger charge is 2.12. The first-order valence-corrected chi connectivity index (χ1v) is 6.28. The van der Waals surface area contributed by atoms with E-state index in [-0.39, 0.29) is 0 Å². The SMILES string of the molecule is C=C(C)c1c(OC)cc(/C=C/c2ccoc2)cc1OC. The van der Waals surface area contributed by atoms with Crippen LogP contribution in [0.4, 0.5) is 0 Å². The van der Waals surface area contributed by atoms with Crippen LogP contribution in [0.25, 0.3) is 17.7 Å². The van der Waals surface area contributed by atoms with Crippen LogP contribution in [0.2, 0.25) is 0 Å². The minimum Gasteiger partial charge on any atom is -0.496 e. The number of allylic oxidation sites excluding steroid dienone is 1. The highest BCUT2D eigenvalue weighted by atomic mass is 16.5. The number of rotatable bonds is 5. The van der Waals surface area contributed by atoms with Crippen LogP contribution in [-0.4, -0.2) is 14.2 Å². The van der Waals surface area contributed by atoms with Gasteiger partial charge in [-0.3, -0.25) is 0 Å². The average Bonchev–Trinajstić information content (AvgIpc) is 2.96. The van der Waals surface area contributed by atoms with Gasteiger partial charge in [0.2, 0.25) is 0 Å². The summed E-state index contributed by atoms with van der Waals surface area (Å²) in [6, 6.07) is 5.82. The van der Waals surface area contributed by atoms with Crippen LogP contribution in [0.1, 0.15) is 23.6 Å². The van der Waals surface area contributed by atoms with Crippen molar-refractivity contribution in [1.29, 1.82) is 0 Å². The van der Waals surface area contributed by atoms with Crippen molar-refractivity contribution < 1.29 is 13.9 Å². The molecule has 2 rings (SSSR count). The van der Waals surface area contributed by atoms with Gasteiger partial charge in [0, 0.05) is 5.56 Å². The lowest BCUT2D eigenvalue weighted by Crippen LogP contribution is -1.95. The van der Waals surface area contributed by atoms with E-state index in [1.165, 1.54) is 0 Å². The molecule has 0 spiro atoms. The van der Waals surface area contributed by atoms with Crippen LogP contribution < -0.4 is 9.47 Å². The molecule has 0 unspecified atom stereocenters. The molecule has 1 aromatic heterocycles. The standard InChI is InChI=1S/C17H18O3/c1-12(2)17-15(18-3)9-14(10-16(17)19-4)6-5-13-7-8-20-11-13/h5-11H,1H2,2-4H3/b6-5+. The van der Waals surface area contributed by atoms with E-state index in [0.717, 1.165) is 33.8 Å².